The number of hydrogen-bond acceptors (Lipinski definition) is 3. The van der Waals surface area contributed by atoms with E-state index in [1.54, 1.807) is 16.3 Å². The summed E-state index contributed by atoms with van der Waals surface area (Å²) in [5.41, 5.74) is 0.869. The molecule has 0 atom stereocenters. The number of rotatable bonds is 7. The number of carbonyl (C=O) groups excluding carboxylic acids is 2. The van der Waals surface area contributed by atoms with Gasteiger partial charge in [0.2, 0.25) is 5.91 Å². The molecule has 0 bridgehead atoms. The van der Waals surface area contributed by atoms with Gasteiger partial charge >= 0.3 is 0 Å². The van der Waals surface area contributed by atoms with Gasteiger partial charge in [-0.3, -0.25) is 9.59 Å². The summed E-state index contributed by atoms with van der Waals surface area (Å²) in [6.45, 7) is 0.344. The first kappa shape index (κ1) is 17.5. The minimum absolute atomic E-state index is 0.101. The van der Waals surface area contributed by atoms with Crippen LogP contribution in [0.15, 0.2) is 35.0 Å². The van der Waals surface area contributed by atoms with Crippen molar-refractivity contribution in [3.05, 3.63) is 57.8 Å². The fourth-order valence-corrected chi connectivity index (χ4v) is 3.20. The minimum atomic E-state index is -0.649. The highest BCUT2D eigenvalue weighted by atomic mass is 32.1. The van der Waals surface area contributed by atoms with E-state index in [4.69, 9.17) is 0 Å². The standard InChI is InChI=1S/C18H18F2N2O2S/c19-14-2-1-12(16(20)9-14)10-22(15-3-4-15)17(23)5-7-21-18(24)13-6-8-25-11-13/h1-2,6,8-9,11,15H,3-5,7,10H2,(H,21,24). The van der Waals surface area contributed by atoms with E-state index in [0.717, 1.165) is 18.9 Å². The van der Waals surface area contributed by atoms with E-state index in [2.05, 4.69) is 5.32 Å². The van der Waals surface area contributed by atoms with E-state index in [0.29, 0.717) is 11.1 Å². The van der Waals surface area contributed by atoms with Crippen LogP contribution in [0.1, 0.15) is 35.2 Å². The molecule has 0 unspecified atom stereocenters. The summed E-state index contributed by atoms with van der Waals surface area (Å²) in [5.74, 6) is -1.64. The Labute approximate surface area is 148 Å². The third-order valence-corrected chi connectivity index (χ3v) is 4.75. The molecule has 7 heteroatoms. The number of nitrogens with zero attached hydrogens (tertiary/aromatic N) is 1. The Morgan fingerprint density at radius 2 is 2.04 bits per heavy atom. The molecule has 132 valence electrons. The van der Waals surface area contributed by atoms with Crippen LogP contribution in [0.25, 0.3) is 0 Å². The van der Waals surface area contributed by atoms with Crippen LogP contribution in [-0.4, -0.2) is 29.3 Å². The number of amides is 2. The predicted molar refractivity (Wildman–Crippen MR) is 91.2 cm³/mol. The molecule has 3 rings (SSSR count). The van der Waals surface area contributed by atoms with Crippen molar-refractivity contribution in [3.8, 4) is 0 Å². The van der Waals surface area contributed by atoms with Gasteiger partial charge in [-0.15, -0.1) is 0 Å². The molecule has 4 nitrogen and oxygen atoms in total. The number of carbonyl (C=O) groups is 2. The summed E-state index contributed by atoms with van der Waals surface area (Å²) in [5, 5.41) is 6.26. The highest BCUT2D eigenvalue weighted by Crippen LogP contribution is 2.29. The normalized spacial score (nSPS) is 13.5. The quantitative estimate of drug-likeness (QED) is 0.819. The highest BCUT2D eigenvalue weighted by molar-refractivity contribution is 7.08. The molecule has 1 aromatic carbocycles. The third kappa shape index (κ3) is 4.63. The summed E-state index contributed by atoms with van der Waals surface area (Å²) >= 11 is 1.43. The smallest absolute Gasteiger partial charge is 0.252 e. The van der Waals surface area contributed by atoms with Crippen molar-refractivity contribution in [2.24, 2.45) is 0 Å². The maximum atomic E-state index is 13.8. The van der Waals surface area contributed by atoms with E-state index in [-0.39, 0.29) is 37.4 Å². The summed E-state index contributed by atoms with van der Waals surface area (Å²) in [4.78, 5) is 25.9. The maximum Gasteiger partial charge on any atom is 0.252 e. The first-order valence-corrected chi connectivity index (χ1v) is 9.02. The molecule has 1 fully saturated rings. The van der Waals surface area contributed by atoms with E-state index in [9.17, 15) is 18.4 Å². The Bertz CT molecular complexity index is 760. The SMILES string of the molecule is O=C(NCCC(=O)N(Cc1ccc(F)cc1F)C1CC1)c1ccsc1. The van der Waals surface area contributed by atoms with E-state index < -0.39 is 11.6 Å². The van der Waals surface area contributed by atoms with Crippen molar-refractivity contribution in [2.45, 2.75) is 31.8 Å². The molecule has 1 aromatic heterocycles. The number of halogens is 2. The second-order valence-electron chi connectivity index (χ2n) is 6.01. The predicted octanol–water partition coefficient (Wildman–Crippen LogP) is 3.34. The average Bonchev–Trinajstić information content (AvgIpc) is 3.26. The molecule has 1 N–H and O–H groups in total. The number of hydrogen-bond donors (Lipinski definition) is 1. The Morgan fingerprint density at radius 3 is 2.68 bits per heavy atom. The fraction of sp³-hybridized carbons (Fsp3) is 0.333. The molecule has 1 heterocycles. The molecule has 0 spiro atoms. The first-order chi connectivity index (χ1) is 12.0. The van der Waals surface area contributed by atoms with E-state index in [1.165, 1.54) is 23.5 Å². The zero-order valence-corrected chi connectivity index (χ0v) is 14.3. The summed E-state index contributed by atoms with van der Waals surface area (Å²) in [6.07, 6.45) is 1.92. The Hall–Kier alpha value is -2.28. The van der Waals surface area contributed by atoms with Crippen molar-refractivity contribution in [2.75, 3.05) is 6.54 Å². The number of thiophene rings is 1. The van der Waals surface area contributed by atoms with Crippen LogP contribution in [0, 0.1) is 11.6 Å². The summed E-state index contributed by atoms with van der Waals surface area (Å²) in [6, 6.07) is 5.20. The van der Waals surface area contributed by atoms with Gasteiger partial charge in [-0.05, 0) is 30.4 Å². The molecule has 1 aliphatic rings. The largest absolute Gasteiger partial charge is 0.351 e. The molecular formula is C18H18F2N2O2S. The minimum Gasteiger partial charge on any atom is -0.351 e. The van der Waals surface area contributed by atoms with Gasteiger partial charge in [0.25, 0.3) is 5.91 Å². The lowest BCUT2D eigenvalue weighted by Gasteiger charge is -2.23. The Morgan fingerprint density at radius 1 is 1.24 bits per heavy atom. The first-order valence-electron chi connectivity index (χ1n) is 8.08. The van der Waals surface area contributed by atoms with Gasteiger partial charge in [0.1, 0.15) is 11.6 Å². The molecule has 0 saturated heterocycles. The van der Waals surface area contributed by atoms with Gasteiger partial charge in [0.15, 0.2) is 0 Å². The topological polar surface area (TPSA) is 49.4 Å². The summed E-state index contributed by atoms with van der Waals surface area (Å²) < 4.78 is 26.9. The lowest BCUT2D eigenvalue weighted by molar-refractivity contribution is -0.132. The molecule has 0 radical (unpaired) electrons. The second kappa shape index (κ2) is 7.74. The van der Waals surface area contributed by atoms with Crippen LogP contribution in [0.2, 0.25) is 0 Å². The van der Waals surface area contributed by atoms with Crippen LogP contribution >= 0.6 is 11.3 Å². The van der Waals surface area contributed by atoms with Crippen molar-refractivity contribution >= 4 is 23.2 Å². The molecule has 2 amide bonds. The van der Waals surface area contributed by atoms with Gasteiger partial charge < -0.3 is 10.2 Å². The molecular weight excluding hydrogens is 346 g/mol. The van der Waals surface area contributed by atoms with Gasteiger partial charge in [0.05, 0.1) is 0 Å². The number of nitrogens with one attached hydrogen (secondary N) is 1. The van der Waals surface area contributed by atoms with Gasteiger partial charge in [0, 0.05) is 48.1 Å². The third-order valence-electron chi connectivity index (χ3n) is 4.07. The van der Waals surface area contributed by atoms with Gasteiger partial charge in [-0.2, -0.15) is 11.3 Å². The van der Waals surface area contributed by atoms with Crippen molar-refractivity contribution in [1.82, 2.24) is 10.2 Å². The van der Waals surface area contributed by atoms with Crippen molar-refractivity contribution in [3.63, 3.8) is 0 Å². The van der Waals surface area contributed by atoms with Crippen molar-refractivity contribution < 1.29 is 18.4 Å². The highest BCUT2D eigenvalue weighted by Gasteiger charge is 2.32. The van der Waals surface area contributed by atoms with Gasteiger partial charge in [-0.1, -0.05) is 6.07 Å². The summed E-state index contributed by atoms with van der Waals surface area (Å²) in [7, 11) is 0. The molecule has 2 aromatic rings. The fourth-order valence-electron chi connectivity index (χ4n) is 2.56. The van der Waals surface area contributed by atoms with Crippen LogP contribution in [0.4, 0.5) is 8.78 Å². The van der Waals surface area contributed by atoms with Gasteiger partial charge in [-0.25, -0.2) is 8.78 Å². The zero-order valence-electron chi connectivity index (χ0n) is 13.5. The van der Waals surface area contributed by atoms with Crippen LogP contribution in [0.3, 0.4) is 0 Å². The second-order valence-corrected chi connectivity index (χ2v) is 6.79. The maximum absolute atomic E-state index is 13.8. The van der Waals surface area contributed by atoms with E-state index >= 15 is 0 Å². The molecule has 25 heavy (non-hydrogen) atoms. The van der Waals surface area contributed by atoms with E-state index in [1.807, 2.05) is 5.38 Å². The van der Waals surface area contributed by atoms with Crippen molar-refractivity contribution in [1.29, 1.82) is 0 Å². The average molecular weight is 364 g/mol. The number of benzene rings is 1. The van der Waals surface area contributed by atoms with Crippen LogP contribution in [0.5, 0.6) is 0 Å². The lowest BCUT2D eigenvalue weighted by atomic mass is 10.2. The monoisotopic (exact) mass is 364 g/mol. The Balaban J connectivity index is 1.55. The molecule has 1 saturated carbocycles. The zero-order chi connectivity index (χ0) is 17.8. The van der Waals surface area contributed by atoms with Crippen LogP contribution in [-0.2, 0) is 11.3 Å². The van der Waals surface area contributed by atoms with Crippen LogP contribution < -0.4 is 5.32 Å². The lowest BCUT2D eigenvalue weighted by Crippen LogP contribution is -2.35. The molecule has 1 aliphatic carbocycles. The Kier molecular flexibility index (Phi) is 5.43. The molecule has 0 aliphatic heterocycles.